The summed E-state index contributed by atoms with van der Waals surface area (Å²) in [6.45, 7) is 3.47. The van der Waals surface area contributed by atoms with Crippen LogP contribution in [-0.2, 0) is 32.7 Å². The number of ether oxygens (including phenoxy) is 2. The van der Waals surface area contributed by atoms with E-state index in [4.69, 9.17) is 24.3 Å². The first-order chi connectivity index (χ1) is 42.8. The molecule has 0 aliphatic rings. The lowest BCUT2D eigenvalue weighted by Crippen LogP contribution is -2.29. The number of esters is 2. The summed E-state index contributed by atoms with van der Waals surface area (Å²) in [5, 5.41) is 0. The van der Waals surface area contributed by atoms with Crippen molar-refractivity contribution in [3.63, 3.8) is 0 Å². The van der Waals surface area contributed by atoms with E-state index < -0.39 is 32.5 Å². The van der Waals surface area contributed by atoms with Crippen LogP contribution in [0.15, 0.2) is 194 Å². The van der Waals surface area contributed by atoms with Gasteiger partial charge >= 0.3 is 19.8 Å². The van der Waals surface area contributed by atoms with Crippen molar-refractivity contribution < 1.29 is 37.6 Å². The molecule has 0 bridgehead atoms. The van der Waals surface area contributed by atoms with Crippen molar-refractivity contribution in [2.24, 2.45) is 5.73 Å². The maximum atomic E-state index is 12.8. The van der Waals surface area contributed by atoms with E-state index in [-0.39, 0.29) is 32.6 Å². The van der Waals surface area contributed by atoms with Crippen LogP contribution in [0.4, 0.5) is 0 Å². The number of nitrogens with two attached hydrogens (primary N) is 1. The Bertz CT molecular complexity index is 2130. The lowest BCUT2D eigenvalue weighted by atomic mass is 10.0. The van der Waals surface area contributed by atoms with Crippen molar-refractivity contribution in [1.82, 2.24) is 0 Å². The first-order valence-electron chi connectivity index (χ1n) is 33.9. The quantitative estimate of drug-likeness (QED) is 0.0264. The topological polar surface area (TPSA) is 134 Å². The average Bonchev–Trinajstić information content (AvgIpc) is 3.64. The van der Waals surface area contributed by atoms with Crippen LogP contribution >= 0.6 is 7.82 Å². The summed E-state index contributed by atoms with van der Waals surface area (Å²) in [4.78, 5) is 35.3. The van der Waals surface area contributed by atoms with Crippen LogP contribution in [0.1, 0.15) is 245 Å². The number of allylic oxidation sites excluding steroid dienone is 32. The van der Waals surface area contributed by atoms with Gasteiger partial charge in [-0.1, -0.05) is 285 Å². The van der Waals surface area contributed by atoms with E-state index in [9.17, 15) is 19.0 Å². The standard InChI is InChI=1S/C77H122NO8P/c1-3-5-7-9-11-13-15-17-19-21-23-25-27-29-31-33-35-37-39-41-43-45-47-49-51-53-55-57-59-61-63-65-67-69-76(79)83-73-75(74-85-87(81,82)84-72-71-78)86-77(80)70-68-66-64-62-60-58-56-54-52-50-48-46-44-42-40-38-36-34-32-30-28-26-24-22-20-18-16-14-12-10-8-6-4-2/h5-8,11-14,17-20,23-26,29-32,35-38,41-44,48,50,54,56,75H,3-4,9-10,15-16,21-22,27-28,33-34,39-40,45-47,49,51-53,55,57-74,78H2,1-2H3,(H,81,82)/b7-5-,8-6-,13-11-,14-12-,19-17-,20-18-,25-23-,26-24-,31-29-,32-30-,37-35-,38-36-,43-41-,44-42-,50-48-,56-54-. The van der Waals surface area contributed by atoms with E-state index in [1.165, 1.54) is 44.9 Å². The highest BCUT2D eigenvalue weighted by Crippen LogP contribution is 2.43. The van der Waals surface area contributed by atoms with Gasteiger partial charge in [0.15, 0.2) is 6.10 Å². The molecular formula is C77H122NO8P. The number of rotatable bonds is 61. The molecule has 0 aliphatic carbocycles. The predicted molar refractivity (Wildman–Crippen MR) is 375 cm³/mol. The molecule has 0 radical (unpaired) electrons. The lowest BCUT2D eigenvalue weighted by molar-refractivity contribution is -0.161. The molecule has 87 heavy (non-hydrogen) atoms. The summed E-state index contributed by atoms with van der Waals surface area (Å²) in [5.74, 6) is -0.867. The van der Waals surface area contributed by atoms with Crippen molar-refractivity contribution in [2.75, 3.05) is 26.4 Å². The molecule has 3 N–H and O–H groups in total. The summed E-state index contributed by atoms with van der Waals surface area (Å²) >= 11 is 0. The summed E-state index contributed by atoms with van der Waals surface area (Å²) in [6.07, 6.45) is 106. The highest BCUT2D eigenvalue weighted by molar-refractivity contribution is 7.47. The minimum atomic E-state index is -4.41. The number of carbonyl (C=O) groups is 2. The number of unbranched alkanes of at least 4 members (excludes halogenated alkanes) is 16. The van der Waals surface area contributed by atoms with Crippen LogP contribution in [-0.4, -0.2) is 49.3 Å². The molecular weight excluding hydrogens is 1100 g/mol. The van der Waals surface area contributed by atoms with Gasteiger partial charge in [-0.25, -0.2) is 4.57 Å². The van der Waals surface area contributed by atoms with Gasteiger partial charge in [0.25, 0.3) is 0 Å². The fourth-order valence-electron chi connectivity index (χ4n) is 8.55. The Morgan fingerprint density at radius 3 is 0.885 bits per heavy atom. The minimum absolute atomic E-state index is 0.0390. The molecule has 0 saturated heterocycles. The van der Waals surface area contributed by atoms with E-state index in [0.29, 0.717) is 12.8 Å². The van der Waals surface area contributed by atoms with Crippen molar-refractivity contribution in [3.8, 4) is 0 Å². The second kappa shape index (κ2) is 69.9. The summed E-state index contributed by atoms with van der Waals surface area (Å²) < 4.78 is 33.1. The Morgan fingerprint density at radius 1 is 0.345 bits per heavy atom. The Balaban J connectivity index is 4.04. The van der Waals surface area contributed by atoms with Gasteiger partial charge in [0, 0.05) is 19.4 Å². The molecule has 0 aromatic carbocycles. The fourth-order valence-corrected chi connectivity index (χ4v) is 9.31. The maximum Gasteiger partial charge on any atom is 0.472 e. The van der Waals surface area contributed by atoms with Crippen molar-refractivity contribution in [1.29, 1.82) is 0 Å². The molecule has 0 amide bonds. The van der Waals surface area contributed by atoms with Gasteiger partial charge in [-0.2, -0.15) is 0 Å². The first kappa shape index (κ1) is 81.8. The third-order valence-electron chi connectivity index (χ3n) is 13.5. The highest BCUT2D eigenvalue weighted by atomic mass is 31.2. The zero-order valence-electron chi connectivity index (χ0n) is 54.7. The predicted octanol–water partition coefficient (Wildman–Crippen LogP) is 22.5. The Kier molecular flexibility index (Phi) is 65.8. The average molecular weight is 1220 g/mol. The van der Waals surface area contributed by atoms with Gasteiger partial charge in [0.05, 0.1) is 13.2 Å². The zero-order chi connectivity index (χ0) is 63.0. The van der Waals surface area contributed by atoms with E-state index in [2.05, 4.69) is 208 Å². The molecule has 0 aromatic rings. The smallest absolute Gasteiger partial charge is 0.462 e. The minimum Gasteiger partial charge on any atom is -0.462 e. The van der Waals surface area contributed by atoms with Gasteiger partial charge in [-0.05, 0) is 141 Å². The molecule has 10 heteroatoms. The molecule has 488 valence electrons. The molecule has 2 unspecified atom stereocenters. The van der Waals surface area contributed by atoms with E-state index in [1.807, 2.05) is 0 Å². The third kappa shape index (κ3) is 69.8. The lowest BCUT2D eigenvalue weighted by Gasteiger charge is -2.19. The van der Waals surface area contributed by atoms with Crippen LogP contribution in [0.3, 0.4) is 0 Å². The number of carbonyl (C=O) groups excluding carboxylic acids is 2. The van der Waals surface area contributed by atoms with Gasteiger partial charge in [-0.3, -0.25) is 18.6 Å². The second-order valence-corrected chi connectivity index (χ2v) is 23.0. The molecule has 9 nitrogen and oxygen atoms in total. The van der Waals surface area contributed by atoms with Gasteiger partial charge in [-0.15, -0.1) is 0 Å². The Morgan fingerprint density at radius 2 is 0.598 bits per heavy atom. The van der Waals surface area contributed by atoms with Crippen molar-refractivity contribution in [3.05, 3.63) is 194 Å². The zero-order valence-corrected chi connectivity index (χ0v) is 55.6. The van der Waals surface area contributed by atoms with E-state index in [0.717, 1.165) is 161 Å². The second-order valence-electron chi connectivity index (χ2n) is 21.6. The number of hydrogen-bond donors (Lipinski definition) is 2. The number of hydrogen-bond acceptors (Lipinski definition) is 8. The summed E-state index contributed by atoms with van der Waals surface area (Å²) in [7, 11) is -4.41. The normalized spacial score (nSPS) is 14.2. The number of phosphoric ester groups is 1. The van der Waals surface area contributed by atoms with E-state index in [1.54, 1.807) is 0 Å². The van der Waals surface area contributed by atoms with Crippen LogP contribution in [0.25, 0.3) is 0 Å². The molecule has 0 aromatic heterocycles. The molecule has 0 spiro atoms. The molecule has 0 rings (SSSR count). The van der Waals surface area contributed by atoms with Crippen LogP contribution in [0, 0.1) is 0 Å². The number of phosphoric acid groups is 1. The fraction of sp³-hybridized carbons (Fsp3) is 0.558. The van der Waals surface area contributed by atoms with Gasteiger partial charge in [0.2, 0.25) is 0 Å². The molecule has 2 atom stereocenters. The Labute approximate surface area is 532 Å². The van der Waals surface area contributed by atoms with Crippen molar-refractivity contribution >= 4 is 19.8 Å². The summed E-state index contributed by atoms with van der Waals surface area (Å²) in [5.41, 5.74) is 5.40. The molecule has 0 aliphatic heterocycles. The van der Waals surface area contributed by atoms with Crippen LogP contribution < -0.4 is 5.73 Å². The third-order valence-corrected chi connectivity index (χ3v) is 14.5. The van der Waals surface area contributed by atoms with Gasteiger partial charge < -0.3 is 20.1 Å². The van der Waals surface area contributed by atoms with Crippen LogP contribution in [0.5, 0.6) is 0 Å². The van der Waals surface area contributed by atoms with Gasteiger partial charge in [0.1, 0.15) is 6.61 Å². The van der Waals surface area contributed by atoms with E-state index >= 15 is 0 Å². The van der Waals surface area contributed by atoms with Crippen LogP contribution in [0.2, 0.25) is 0 Å². The maximum absolute atomic E-state index is 12.8. The first-order valence-corrected chi connectivity index (χ1v) is 35.4. The van der Waals surface area contributed by atoms with Crippen molar-refractivity contribution in [2.45, 2.75) is 251 Å². The molecule has 0 fully saturated rings. The SMILES string of the molecule is CC/C=C\C/C=C\C/C=C\C/C=C\C/C=C\C/C=C\C/C=C\C/C=C\C/C=C\CCCCCCCC(=O)OC(COC(=O)CCCCCCCCCCCCC/C=C\C/C=C\C/C=C\C/C=C\C/C=C\C/C=C\C/C=C\CC)COP(=O)(O)OCCN. The molecule has 0 heterocycles. The Hall–Kier alpha value is -5.15. The molecule has 0 saturated carbocycles. The highest BCUT2D eigenvalue weighted by Gasteiger charge is 2.26. The largest absolute Gasteiger partial charge is 0.472 e. The monoisotopic (exact) mass is 1220 g/mol. The summed E-state index contributed by atoms with van der Waals surface area (Å²) in [6, 6.07) is 0.